The number of rotatable bonds is 2. The number of nitrogens with zero attached hydrogens (tertiary/aromatic N) is 1. The van der Waals surface area contributed by atoms with Crippen molar-refractivity contribution in [2.75, 3.05) is 0 Å². The van der Waals surface area contributed by atoms with Gasteiger partial charge in [0.05, 0.1) is 11.4 Å². The van der Waals surface area contributed by atoms with Gasteiger partial charge in [0, 0.05) is 6.07 Å². The lowest BCUT2D eigenvalue weighted by Crippen LogP contribution is -2.17. The first-order valence-corrected chi connectivity index (χ1v) is 4.98. The highest BCUT2D eigenvalue weighted by atomic mass is 19.4. The lowest BCUT2D eigenvalue weighted by Gasteiger charge is -2.10. The van der Waals surface area contributed by atoms with Crippen molar-refractivity contribution in [1.82, 2.24) is 9.78 Å². The predicted octanol–water partition coefficient (Wildman–Crippen LogP) is 2.74. The number of nitrogens with one attached hydrogen (secondary N) is 1. The third-order valence-corrected chi connectivity index (χ3v) is 2.32. The van der Waals surface area contributed by atoms with Gasteiger partial charge in [-0.3, -0.25) is 9.89 Å². The minimum atomic E-state index is -5.04. The summed E-state index contributed by atoms with van der Waals surface area (Å²) >= 11 is 0. The van der Waals surface area contributed by atoms with E-state index >= 15 is 0 Å². The Bertz CT molecular complexity index is 585. The average molecular weight is 260 g/mol. The van der Waals surface area contributed by atoms with Crippen LogP contribution in [0.1, 0.15) is 11.9 Å². The van der Waals surface area contributed by atoms with Gasteiger partial charge in [-0.05, 0) is 12.1 Å². The first kappa shape index (κ1) is 12.4. The quantitative estimate of drug-likeness (QED) is 0.828. The van der Waals surface area contributed by atoms with Crippen molar-refractivity contribution < 1.29 is 17.6 Å². The Morgan fingerprint density at radius 2 is 1.78 bits per heavy atom. The fourth-order valence-corrected chi connectivity index (χ4v) is 1.49. The van der Waals surface area contributed by atoms with Crippen LogP contribution >= 0.6 is 0 Å². The first-order chi connectivity index (χ1) is 8.39. The van der Waals surface area contributed by atoms with E-state index in [1.807, 2.05) is 0 Å². The minimum Gasteiger partial charge on any atom is -0.292 e. The van der Waals surface area contributed by atoms with E-state index in [1.54, 1.807) is 18.2 Å². The molecule has 1 unspecified atom stereocenters. The number of hydrogen-bond acceptors (Lipinski definition) is 1. The molecular weight excluding hydrogens is 252 g/mol. The second kappa shape index (κ2) is 4.32. The minimum absolute atomic E-state index is 0.336. The van der Waals surface area contributed by atoms with Gasteiger partial charge < -0.3 is 0 Å². The number of alkyl halides is 4. The number of hydrogen-bond donors (Lipinski definition) is 1. The number of aromatic nitrogens is 2. The van der Waals surface area contributed by atoms with E-state index in [1.165, 1.54) is 12.1 Å². The van der Waals surface area contributed by atoms with E-state index in [9.17, 15) is 22.4 Å². The molecule has 18 heavy (non-hydrogen) atoms. The lowest BCUT2D eigenvalue weighted by atomic mass is 10.3. The topological polar surface area (TPSA) is 37.8 Å². The van der Waals surface area contributed by atoms with Gasteiger partial charge in [-0.25, -0.2) is 9.07 Å². The van der Waals surface area contributed by atoms with Gasteiger partial charge in [0.2, 0.25) is 6.17 Å². The molecule has 0 saturated heterocycles. The predicted molar refractivity (Wildman–Crippen MR) is 56.3 cm³/mol. The van der Waals surface area contributed by atoms with Gasteiger partial charge in [0.1, 0.15) is 0 Å². The average Bonchev–Trinajstić information content (AvgIpc) is 2.70. The molecule has 0 aliphatic heterocycles. The standard InChI is InChI=1S/C11H8F4N2O/c12-10(11(13,14)15)8-6-9(18)17(16-8)7-4-2-1-3-5-7/h1-6,10,16H. The summed E-state index contributed by atoms with van der Waals surface area (Å²) in [4.78, 5) is 11.5. The second-order valence-corrected chi connectivity index (χ2v) is 3.62. The number of para-hydroxylation sites is 1. The molecule has 7 heteroatoms. The third-order valence-electron chi connectivity index (χ3n) is 2.32. The van der Waals surface area contributed by atoms with Gasteiger partial charge in [-0.15, -0.1) is 0 Å². The molecule has 2 aromatic rings. The highest BCUT2D eigenvalue weighted by Gasteiger charge is 2.42. The van der Waals surface area contributed by atoms with Crippen molar-refractivity contribution in [3.63, 3.8) is 0 Å². The summed E-state index contributed by atoms with van der Waals surface area (Å²) in [6.07, 6.45) is -8.23. The second-order valence-electron chi connectivity index (χ2n) is 3.62. The van der Waals surface area contributed by atoms with E-state index in [0.717, 1.165) is 4.68 Å². The molecule has 1 aromatic heterocycles. The Labute approximate surface area is 98.6 Å². The monoisotopic (exact) mass is 260 g/mol. The number of halogens is 4. The molecule has 2 rings (SSSR count). The zero-order valence-electron chi connectivity index (χ0n) is 8.91. The summed E-state index contributed by atoms with van der Waals surface area (Å²) in [5.74, 6) is 0. The molecular formula is C11H8F4N2O. The summed E-state index contributed by atoms with van der Waals surface area (Å²) in [6.45, 7) is 0. The molecule has 0 fully saturated rings. The van der Waals surface area contributed by atoms with Crippen LogP contribution in [-0.2, 0) is 0 Å². The molecule has 96 valence electrons. The lowest BCUT2D eigenvalue weighted by molar-refractivity contribution is -0.183. The summed E-state index contributed by atoms with van der Waals surface area (Å²) in [5.41, 5.74) is -1.22. The maximum atomic E-state index is 13.0. The van der Waals surface area contributed by atoms with E-state index in [0.29, 0.717) is 11.8 Å². The maximum absolute atomic E-state index is 13.0. The van der Waals surface area contributed by atoms with Crippen LogP contribution in [0.5, 0.6) is 0 Å². The largest absolute Gasteiger partial charge is 0.425 e. The highest BCUT2D eigenvalue weighted by molar-refractivity contribution is 5.30. The molecule has 0 saturated carbocycles. The molecule has 0 bridgehead atoms. The molecule has 1 aromatic carbocycles. The van der Waals surface area contributed by atoms with Crippen LogP contribution in [0.4, 0.5) is 17.6 Å². The molecule has 0 spiro atoms. The van der Waals surface area contributed by atoms with Crippen LogP contribution in [0.15, 0.2) is 41.2 Å². The first-order valence-electron chi connectivity index (χ1n) is 4.98. The van der Waals surface area contributed by atoms with Crippen molar-refractivity contribution in [2.24, 2.45) is 0 Å². The zero-order chi connectivity index (χ0) is 13.3. The molecule has 0 aliphatic carbocycles. The zero-order valence-corrected chi connectivity index (χ0v) is 8.91. The Kier molecular flexibility index (Phi) is 2.98. The van der Waals surface area contributed by atoms with E-state index < -0.39 is 23.6 Å². The Balaban J connectivity index is 2.43. The Morgan fingerprint density at radius 3 is 2.33 bits per heavy atom. The Hall–Kier alpha value is -2.05. The number of benzene rings is 1. The number of aromatic amines is 1. The van der Waals surface area contributed by atoms with Crippen LogP contribution in [0.3, 0.4) is 0 Å². The van der Waals surface area contributed by atoms with Crippen LogP contribution in [0, 0.1) is 0 Å². The van der Waals surface area contributed by atoms with Gasteiger partial charge in [-0.1, -0.05) is 18.2 Å². The van der Waals surface area contributed by atoms with Gasteiger partial charge in [0.25, 0.3) is 5.56 Å². The third kappa shape index (κ3) is 2.29. The van der Waals surface area contributed by atoms with E-state index in [4.69, 9.17) is 0 Å². The Morgan fingerprint density at radius 1 is 1.17 bits per heavy atom. The van der Waals surface area contributed by atoms with Crippen molar-refractivity contribution in [2.45, 2.75) is 12.3 Å². The molecule has 1 N–H and O–H groups in total. The summed E-state index contributed by atoms with van der Waals surface area (Å²) in [5, 5.41) is 2.11. The molecule has 0 amide bonds. The molecule has 0 aliphatic rings. The number of H-pyrrole nitrogens is 1. The smallest absolute Gasteiger partial charge is 0.292 e. The van der Waals surface area contributed by atoms with Crippen molar-refractivity contribution >= 4 is 0 Å². The van der Waals surface area contributed by atoms with E-state index in [-0.39, 0.29) is 0 Å². The molecule has 0 radical (unpaired) electrons. The van der Waals surface area contributed by atoms with Gasteiger partial charge >= 0.3 is 6.18 Å². The summed E-state index contributed by atoms with van der Waals surface area (Å²) in [6, 6.07) is 8.54. The SMILES string of the molecule is O=c1cc(C(F)C(F)(F)F)[nH]n1-c1ccccc1. The fraction of sp³-hybridized carbons (Fsp3) is 0.182. The van der Waals surface area contributed by atoms with Crippen molar-refractivity contribution in [1.29, 1.82) is 0 Å². The maximum Gasteiger partial charge on any atom is 0.425 e. The van der Waals surface area contributed by atoms with Crippen LogP contribution in [0.25, 0.3) is 5.69 Å². The van der Waals surface area contributed by atoms with Crippen molar-refractivity contribution in [3.05, 3.63) is 52.4 Å². The summed E-state index contributed by atoms with van der Waals surface area (Å²) in [7, 11) is 0. The van der Waals surface area contributed by atoms with Crippen LogP contribution < -0.4 is 5.56 Å². The van der Waals surface area contributed by atoms with Crippen LogP contribution in [-0.4, -0.2) is 16.0 Å². The van der Waals surface area contributed by atoms with Gasteiger partial charge in [0.15, 0.2) is 0 Å². The van der Waals surface area contributed by atoms with Crippen LogP contribution in [0.2, 0.25) is 0 Å². The molecule has 1 heterocycles. The fourth-order valence-electron chi connectivity index (χ4n) is 1.49. The molecule has 1 atom stereocenters. The summed E-state index contributed by atoms with van der Waals surface area (Å²) < 4.78 is 50.4. The highest BCUT2D eigenvalue weighted by Crippen LogP contribution is 2.34. The molecule has 3 nitrogen and oxygen atoms in total. The van der Waals surface area contributed by atoms with E-state index in [2.05, 4.69) is 5.10 Å². The van der Waals surface area contributed by atoms with Gasteiger partial charge in [-0.2, -0.15) is 13.2 Å². The normalized spacial score (nSPS) is 13.6. The van der Waals surface area contributed by atoms with Crippen molar-refractivity contribution in [3.8, 4) is 5.69 Å².